The molecule has 0 radical (unpaired) electrons. The Morgan fingerprint density at radius 2 is 2.21 bits per heavy atom. The predicted molar refractivity (Wildman–Crippen MR) is 68.5 cm³/mol. The molecule has 0 fully saturated rings. The van der Waals surface area contributed by atoms with Gasteiger partial charge >= 0.3 is 0 Å². The fourth-order valence-corrected chi connectivity index (χ4v) is 1.69. The van der Waals surface area contributed by atoms with Crippen LogP contribution in [0.15, 0.2) is 22.6 Å². The largest absolute Gasteiger partial charge is 0.494 e. The fourth-order valence-electron chi connectivity index (χ4n) is 1.69. The second-order valence-electron chi connectivity index (χ2n) is 4.06. The first-order valence-electron chi connectivity index (χ1n) is 6.05. The van der Waals surface area contributed by atoms with Gasteiger partial charge in [-0.15, -0.1) is 10.2 Å². The van der Waals surface area contributed by atoms with Crippen molar-refractivity contribution in [3.8, 4) is 17.2 Å². The first-order chi connectivity index (χ1) is 9.24. The molecule has 0 saturated heterocycles. The fraction of sp³-hybridized carbons (Fsp3) is 0.385. The van der Waals surface area contributed by atoms with Crippen LogP contribution < -0.4 is 10.1 Å². The zero-order valence-electron chi connectivity index (χ0n) is 10.9. The highest BCUT2D eigenvalue weighted by Gasteiger charge is 2.11. The molecule has 0 atom stereocenters. The molecule has 1 heterocycles. The van der Waals surface area contributed by atoms with Gasteiger partial charge in [-0.3, -0.25) is 0 Å². The number of aromatic nitrogens is 2. The normalized spacial score (nSPS) is 10.7. The van der Waals surface area contributed by atoms with E-state index in [4.69, 9.17) is 9.15 Å². The third-order valence-electron chi connectivity index (χ3n) is 2.68. The zero-order valence-corrected chi connectivity index (χ0v) is 10.9. The van der Waals surface area contributed by atoms with Crippen LogP contribution >= 0.6 is 0 Å². The number of benzene rings is 1. The Hall–Kier alpha value is -1.95. The average Bonchev–Trinajstić information content (AvgIpc) is 2.88. The van der Waals surface area contributed by atoms with E-state index in [0.29, 0.717) is 23.8 Å². The van der Waals surface area contributed by atoms with Crippen molar-refractivity contribution >= 4 is 0 Å². The Bertz CT molecular complexity index is 542. The monoisotopic (exact) mass is 265 g/mol. The lowest BCUT2D eigenvalue weighted by Gasteiger charge is -2.01. The summed E-state index contributed by atoms with van der Waals surface area (Å²) in [6.45, 7) is 0.884. The summed E-state index contributed by atoms with van der Waals surface area (Å²) >= 11 is 0. The van der Waals surface area contributed by atoms with Gasteiger partial charge in [0.15, 0.2) is 11.6 Å². The number of aryl methyl sites for hydroxylation is 1. The smallest absolute Gasteiger partial charge is 0.247 e. The van der Waals surface area contributed by atoms with Crippen LogP contribution in [0.3, 0.4) is 0 Å². The molecule has 2 rings (SSSR count). The molecule has 1 N–H and O–H groups in total. The van der Waals surface area contributed by atoms with Gasteiger partial charge < -0.3 is 14.5 Å². The maximum Gasteiger partial charge on any atom is 0.247 e. The molecule has 0 bridgehead atoms. The lowest BCUT2D eigenvalue weighted by molar-refractivity contribution is 0.386. The predicted octanol–water partition coefficient (Wildman–Crippen LogP) is 2.04. The maximum atomic E-state index is 13.6. The second kappa shape index (κ2) is 6.29. The van der Waals surface area contributed by atoms with E-state index in [0.717, 1.165) is 13.0 Å². The third-order valence-corrected chi connectivity index (χ3v) is 2.68. The summed E-state index contributed by atoms with van der Waals surface area (Å²) in [6.07, 6.45) is 1.61. The van der Waals surface area contributed by atoms with E-state index >= 15 is 0 Å². The van der Waals surface area contributed by atoms with Crippen LogP contribution in [-0.2, 0) is 6.42 Å². The molecule has 0 amide bonds. The maximum absolute atomic E-state index is 13.6. The van der Waals surface area contributed by atoms with Crippen molar-refractivity contribution in [3.63, 3.8) is 0 Å². The van der Waals surface area contributed by atoms with Crippen LogP contribution in [0.5, 0.6) is 5.75 Å². The Labute approximate surface area is 110 Å². The number of rotatable bonds is 6. The topological polar surface area (TPSA) is 60.2 Å². The van der Waals surface area contributed by atoms with Crippen LogP contribution in [-0.4, -0.2) is 30.9 Å². The quantitative estimate of drug-likeness (QED) is 0.810. The number of hydrogen-bond donors (Lipinski definition) is 1. The van der Waals surface area contributed by atoms with Crippen molar-refractivity contribution in [1.82, 2.24) is 15.5 Å². The highest BCUT2D eigenvalue weighted by molar-refractivity contribution is 5.54. The van der Waals surface area contributed by atoms with E-state index in [1.807, 2.05) is 7.05 Å². The van der Waals surface area contributed by atoms with Crippen molar-refractivity contribution in [2.45, 2.75) is 12.8 Å². The number of hydrogen-bond acceptors (Lipinski definition) is 5. The lowest BCUT2D eigenvalue weighted by Crippen LogP contribution is -2.08. The van der Waals surface area contributed by atoms with Gasteiger partial charge in [0, 0.05) is 12.0 Å². The van der Waals surface area contributed by atoms with Crippen molar-refractivity contribution < 1.29 is 13.5 Å². The summed E-state index contributed by atoms with van der Waals surface area (Å²) in [5.41, 5.74) is 0.547. The first kappa shape index (κ1) is 13.5. The average molecular weight is 265 g/mol. The van der Waals surface area contributed by atoms with E-state index in [1.54, 1.807) is 6.07 Å². The highest BCUT2D eigenvalue weighted by atomic mass is 19.1. The van der Waals surface area contributed by atoms with E-state index in [2.05, 4.69) is 15.5 Å². The van der Waals surface area contributed by atoms with Gasteiger partial charge in [-0.1, -0.05) is 0 Å². The van der Waals surface area contributed by atoms with Crippen LogP contribution in [0.4, 0.5) is 4.39 Å². The molecule has 0 spiro atoms. The first-order valence-corrected chi connectivity index (χ1v) is 6.05. The number of nitrogens with zero attached hydrogens (tertiary/aromatic N) is 2. The standard InChI is InChI=1S/C13H16FN3O2/c1-15-7-3-4-12-16-17-13(19-12)9-5-6-11(18-2)10(14)8-9/h5-6,8,15H,3-4,7H2,1-2H3. The summed E-state index contributed by atoms with van der Waals surface area (Å²) in [5.74, 6) is 0.620. The SMILES string of the molecule is CNCCCc1nnc(-c2ccc(OC)c(F)c2)o1. The van der Waals surface area contributed by atoms with E-state index in [1.165, 1.54) is 19.2 Å². The summed E-state index contributed by atoms with van der Waals surface area (Å²) in [6, 6.07) is 4.55. The molecule has 0 aliphatic carbocycles. The lowest BCUT2D eigenvalue weighted by atomic mass is 10.2. The Kier molecular flexibility index (Phi) is 4.46. The molecule has 102 valence electrons. The minimum Gasteiger partial charge on any atom is -0.494 e. The summed E-state index contributed by atoms with van der Waals surface area (Å²) in [4.78, 5) is 0. The van der Waals surface area contributed by atoms with Gasteiger partial charge in [0.1, 0.15) is 0 Å². The molecular weight excluding hydrogens is 249 g/mol. The van der Waals surface area contributed by atoms with Gasteiger partial charge in [-0.25, -0.2) is 4.39 Å². The summed E-state index contributed by atoms with van der Waals surface area (Å²) in [5, 5.41) is 10.9. The molecule has 0 aliphatic heterocycles. The number of ether oxygens (including phenoxy) is 1. The molecular formula is C13H16FN3O2. The Morgan fingerprint density at radius 3 is 2.89 bits per heavy atom. The van der Waals surface area contributed by atoms with Crippen LogP contribution in [0.1, 0.15) is 12.3 Å². The van der Waals surface area contributed by atoms with Gasteiger partial charge in [0.2, 0.25) is 11.8 Å². The van der Waals surface area contributed by atoms with E-state index in [9.17, 15) is 4.39 Å². The van der Waals surface area contributed by atoms with Crippen molar-refractivity contribution in [1.29, 1.82) is 0 Å². The molecule has 1 aromatic carbocycles. The number of methoxy groups -OCH3 is 1. The Balaban J connectivity index is 2.11. The molecule has 19 heavy (non-hydrogen) atoms. The zero-order chi connectivity index (χ0) is 13.7. The van der Waals surface area contributed by atoms with Crippen molar-refractivity contribution in [2.24, 2.45) is 0 Å². The van der Waals surface area contributed by atoms with Gasteiger partial charge in [-0.2, -0.15) is 0 Å². The molecule has 1 aromatic heterocycles. The van der Waals surface area contributed by atoms with Crippen LogP contribution in [0.25, 0.3) is 11.5 Å². The van der Waals surface area contributed by atoms with Gasteiger partial charge in [0.05, 0.1) is 7.11 Å². The summed E-state index contributed by atoms with van der Waals surface area (Å²) in [7, 11) is 3.31. The van der Waals surface area contributed by atoms with Crippen LogP contribution in [0.2, 0.25) is 0 Å². The van der Waals surface area contributed by atoms with E-state index < -0.39 is 5.82 Å². The number of nitrogens with one attached hydrogen (secondary N) is 1. The Morgan fingerprint density at radius 1 is 1.37 bits per heavy atom. The van der Waals surface area contributed by atoms with Crippen molar-refractivity contribution in [3.05, 3.63) is 29.9 Å². The molecule has 0 aliphatic rings. The molecule has 2 aromatic rings. The molecule has 6 heteroatoms. The molecule has 0 unspecified atom stereocenters. The minimum absolute atomic E-state index is 0.192. The molecule has 0 saturated carbocycles. The van der Waals surface area contributed by atoms with Gasteiger partial charge in [-0.05, 0) is 38.2 Å². The highest BCUT2D eigenvalue weighted by Crippen LogP contribution is 2.24. The van der Waals surface area contributed by atoms with Crippen LogP contribution in [0, 0.1) is 5.82 Å². The summed E-state index contributed by atoms with van der Waals surface area (Å²) < 4.78 is 23.9. The second-order valence-corrected chi connectivity index (χ2v) is 4.06. The van der Waals surface area contributed by atoms with Gasteiger partial charge in [0.25, 0.3) is 0 Å². The van der Waals surface area contributed by atoms with E-state index in [-0.39, 0.29) is 5.75 Å². The number of halogens is 1. The minimum atomic E-state index is -0.449. The molecule has 5 nitrogen and oxygen atoms in total. The van der Waals surface area contributed by atoms with Crippen molar-refractivity contribution in [2.75, 3.05) is 20.7 Å². The third kappa shape index (κ3) is 3.29.